The number of nitrogens with zero attached hydrogens (tertiary/aromatic N) is 1. The van der Waals surface area contributed by atoms with Crippen molar-refractivity contribution in [1.29, 1.82) is 0 Å². The highest BCUT2D eigenvalue weighted by Gasteiger charge is 2.02. The van der Waals surface area contributed by atoms with Gasteiger partial charge in [-0.2, -0.15) is 0 Å². The smallest absolute Gasteiger partial charge is 0.125 e. The largest absolute Gasteiger partial charge is 0.399 e. The molecule has 0 atom stereocenters. The summed E-state index contributed by atoms with van der Waals surface area (Å²) in [5.41, 5.74) is 8.54. The zero-order valence-electron chi connectivity index (χ0n) is 10.4. The molecule has 0 bridgehead atoms. The summed E-state index contributed by atoms with van der Waals surface area (Å²) in [6.07, 6.45) is 0.910. The Morgan fingerprint density at radius 1 is 1.11 bits per heavy atom. The van der Waals surface area contributed by atoms with Gasteiger partial charge >= 0.3 is 0 Å². The number of nitrogen functional groups attached to an aromatic ring is 1. The van der Waals surface area contributed by atoms with Gasteiger partial charge in [0.2, 0.25) is 0 Å². The van der Waals surface area contributed by atoms with Crippen molar-refractivity contribution in [2.45, 2.75) is 6.42 Å². The van der Waals surface area contributed by atoms with E-state index < -0.39 is 0 Å². The van der Waals surface area contributed by atoms with Crippen LogP contribution in [-0.2, 0) is 6.42 Å². The number of benzene rings is 2. The number of hydrogen-bond acceptors (Lipinski definition) is 2. The van der Waals surface area contributed by atoms with Crippen LogP contribution in [0.4, 0.5) is 15.8 Å². The standard InChI is InChI=1S/C15H17FN2/c1-18(15-4-2-3-13(16)11-15)10-9-12-5-7-14(17)8-6-12/h2-8,11H,9-10,17H2,1H3. The lowest BCUT2D eigenvalue weighted by atomic mass is 10.1. The minimum atomic E-state index is -0.202. The first-order valence-corrected chi connectivity index (χ1v) is 5.96. The summed E-state index contributed by atoms with van der Waals surface area (Å²) in [5, 5.41) is 0. The topological polar surface area (TPSA) is 29.3 Å². The summed E-state index contributed by atoms with van der Waals surface area (Å²) in [5.74, 6) is -0.202. The molecule has 0 aliphatic carbocycles. The molecule has 0 spiro atoms. The number of likely N-dealkylation sites (N-methyl/N-ethyl adjacent to an activating group) is 1. The highest BCUT2D eigenvalue weighted by atomic mass is 19.1. The van der Waals surface area contributed by atoms with Crippen molar-refractivity contribution in [2.75, 3.05) is 24.2 Å². The molecule has 0 aliphatic rings. The van der Waals surface area contributed by atoms with Gasteiger partial charge in [-0.15, -0.1) is 0 Å². The molecule has 94 valence electrons. The molecular formula is C15H17FN2. The zero-order valence-corrected chi connectivity index (χ0v) is 10.4. The fraction of sp³-hybridized carbons (Fsp3) is 0.200. The second-order valence-corrected chi connectivity index (χ2v) is 4.39. The van der Waals surface area contributed by atoms with Crippen LogP contribution in [0.2, 0.25) is 0 Å². The first kappa shape index (κ1) is 12.4. The summed E-state index contributed by atoms with van der Waals surface area (Å²) in [6.45, 7) is 0.841. The minimum Gasteiger partial charge on any atom is -0.399 e. The van der Waals surface area contributed by atoms with Gasteiger partial charge in [-0.25, -0.2) is 4.39 Å². The monoisotopic (exact) mass is 244 g/mol. The maximum Gasteiger partial charge on any atom is 0.125 e. The van der Waals surface area contributed by atoms with Gasteiger partial charge in [0, 0.05) is 25.0 Å². The van der Waals surface area contributed by atoms with E-state index in [-0.39, 0.29) is 5.82 Å². The maximum atomic E-state index is 13.1. The predicted octanol–water partition coefficient (Wildman–Crippen LogP) is 3.09. The Morgan fingerprint density at radius 2 is 1.83 bits per heavy atom. The molecule has 0 fully saturated rings. The number of anilines is 2. The molecule has 0 saturated carbocycles. The second kappa shape index (κ2) is 5.54. The number of hydrogen-bond donors (Lipinski definition) is 1. The molecule has 2 rings (SSSR count). The maximum absolute atomic E-state index is 13.1. The first-order chi connectivity index (χ1) is 8.65. The Bertz CT molecular complexity index is 508. The van der Waals surface area contributed by atoms with Gasteiger partial charge in [0.25, 0.3) is 0 Å². The van der Waals surface area contributed by atoms with E-state index in [1.165, 1.54) is 11.6 Å². The predicted molar refractivity (Wildman–Crippen MR) is 74.2 cm³/mol. The van der Waals surface area contributed by atoms with Crippen LogP contribution in [-0.4, -0.2) is 13.6 Å². The SMILES string of the molecule is CN(CCc1ccc(N)cc1)c1cccc(F)c1. The quantitative estimate of drug-likeness (QED) is 0.837. The van der Waals surface area contributed by atoms with E-state index in [0.29, 0.717) is 0 Å². The Balaban J connectivity index is 1.96. The summed E-state index contributed by atoms with van der Waals surface area (Å²) < 4.78 is 13.1. The Morgan fingerprint density at radius 3 is 2.50 bits per heavy atom. The first-order valence-electron chi connectivity index (χ1n) is 5.96. The van der Waals surface area contributed by atoms with Crippen molar-refractivity contribution in [2.24, 2.45) is 0 Å². The molecular weight excluding hydrogens is 227 g/mol. The molecule has 2 N–H and O–H groups in total. The molecule has 2 nitrogen and oxygen atoms in total. The zero-order chi connectivity index (χ0) is 13.0. The molecule has 0 heterocycles. The number of nitrogens with two attached hydrogens (primary N) is 1. The highest BCUT2D eigenvalue weighted by Crippen LogP contribution is 2.14. The van der Waals surface area contributed by atoms with Crippen molar-refractivity contribution in [3.05, 3.63) is 59.9 Å². The van der Waals surface area contributed by atoms with Crippen LogP contribution in [0, 0.1) is 5.82 Å². The molecule has 0 radical (unpaired) electrons. The van der Waals surface area contributed by atoms with Crippen LogP contribution in [0.25, 0.3) is 0 Å². The average Bonchev–Trinajstić information content (AvgIpc) is 2.38. The van der Waals surface area contributed by atoms with Crippen LogP contribution >= 0.6 is 0 Å². The Kier molecular flexibility index (Phi) is 3.82. The van der Waals surface area contributed by atoms with Gasteiger partial charge in [0.1, 0.15) is 5.82 Å². The Labute approximate surface area is 107 Å². The third kappa shape index (κ3) is 3.23. The van der Waals surface area contributed by atoms with Crippen molar-refractivity contribution in [1.82, 2.24) is 0 Å². The van der Waals surface area contributed by atoms with E-state index in [2.05, 4.69) is 0 Å². The molecule has 2 aromatic carbocycles. The van der Waals surface area contributed by atoms with Crippen molar-refractivity contribution >= 4 is 11.4 Å². The molecule has 3 heteroatoms. The normalized spacial score (nSPS) is 10.3. The van der Waals surface area contributed by atoms with E-state index in [0.717, 1.165) is 24.3 Å². The summed E-state index contributed by atoms with van der Waals surface area (Å²) >= 11 is 0. The number of halogens is 1. The fourth-order valence-electron chi connectivity index (χ4n) is 1.82. The van der Waals surface area contributed by atoms with Crippen LogP contribution in [0.15, 0.2) is 48.5 Å². The summed E-state index contributed by atoms with van der Waals surface area (Å²) in [6, 6.07) is 14.5. The summed E-state index contributed by atoms with van der Waals surface area (Å²) in [4.78, 5) is 2.04. The molecule has 0 aliphatic heterocycles. The molecule has 0 amide bonds. The molecule has 0 unspecified atom stereocenters. The van der Waals surface area contributed by atoms with Gasteiger partial charge in [-0.3, -0.25) is 0 Å². The van der Waals surface area contributed by atoms with E-state index in [1.807, 2.05) is 42.3 Å². The lowest BCUT2D eigenvalue weighted by molar-refractivity contribution is 0.627. The van der Waals surface area contributed by atoms with Crippen molar-refractivity contribution < 1.29 is 4.39 Å². The van der Waals surface area contributed by atoms with E-state index in [4.69, 9.17) is 5.73 Å². The summed E-state index contributed by atoms with van der Waals surface area (Å²) in [7, 11) is 1.96. The Hall–Kier alpha value is -2.03. The lowest BCUT2D eigenvalue weighted by Crippen LogP contribution is -2.20. The highest BCUT2D eigenvalue weighted by molar-refractivity contribution is 5.46. The van der Waals surface area contributed by atoms with Gasteiger partial charge in [-0.05, 0) is 42.3 Å². The fourth-order valence-corrected chi connectivity index (χ4v) is 1.82. The van der Waals surface area contributed by atoms with Crippen molar-refractivity contribution in [3.8, 4) is 0 Å². The van der Waals surface area contributed by atoms with Crippen molar-refractivity contribution in [3.63, 3.8) is 0 Å². The van der Waals surface area contributed by atoms with E-state index in [1.54, 1.807) is 12.1 Å². The number of rotatable bonds is 4. The third-order valence-electron chi connectivity index (χ3n) is 2.96. The van der Waals surface area contributed by atoms with Crippen LogP contribution in [0.1, 0.15) is 5.56 Å². The second-order valence-electron chi connectivity index (χ2n) is 4.39. The van der Waals surface area contributed by atoms with Crippen LogP contribution < -0.4 is 10.6 Å². The van der Waals surface area contributed by atoms with Crippen LogP contribution in [0.5, 0.6) is 0 Å². The third-order valence-corrected chi connectivity index (χ3v) is 2.96. The molecule has 0 saturated heterocycles. The van der Waals surface area contributed by atoms with Gasteiger partial charge < -0.3 is 10.6 Å². The lowest BCUT2D eigenvalue weighted by Gasteiger charge is -2.19. The molecule has 18 heavy (non-hydrogen) atoms. The van der Waals surface area contributed by atoms with E-state index >= 15 is 0 Å². The van der Waals surface area contributed by atoms with Gasteiger partial charge in [0.05, 0.1) is 0 Å². The van der Waals surface area contributed by atoms with E-state index in [9.17, 15) is 4.39 Å². The molecule has 0 aromatic heterocycles. The average molecular weight is 244 g/mol. The minimum absolute atomic E-state index is 0.202. The van der Waals surface area contributed by atoms with Gasteiger partial charge in [0.15, 0.2) is 0 Å². The molecule has 2 aromatic rings. The van der Waals surface area contributed by atoms with Gasteiger partial charge in [-0.1, -0.05) is 18.2 Å². The van der Waals surface area contributed by atoms with Crippen LogP contribution in [0.3, 0.4) is 0 Å².